The standard InChI is InChI=1S/C23H24F4N2O2/c1-21(2,19-8-7-17(24)11-20(19)31-3)14-22(30,23(25,26)27)12-18(29)10-15-5-4-6-16(9-15)13-28/h4-11,30H,12,14,29H2,1-3H3/b18-10-. The van der Waals surface area contributed by atoms with Gasteiger partial charge in [0.25, 0.3) is 0 Å². The first-order chi connectivity index (χ1) is 14.3. The van der Waals surface area contributed by atoms with E-state index in [0.717, 1.165) is 12.1 Å². The molecule has 0 saturated carbocycles. The zero-order valence-electron chi connectivity index (χ0n) is 17.4. The smallest absolute Gasteiger partial charge is 0.417 e. The van der Waals surface area contributed by atoms with Gasteiger partial charge in [0.15, 0.2) is 5.60 Å². The summed E-state index contributed by atoms with van der Waals surface area (Å²) in [7, 11) is 1.29. The van der Waals surface area contributed by atoms with E-state index in [0.29, 0.717) is 16.7 Å². The van der Waals surface area contributed by atoms with E-state index in [1.807, 2.05) is 6.07 Å². The molecule has 3 N–H and O–H groups in total. The molecule has 0 spiro atoms. The molecular weight excluding hydrogens is 412 g/mol. The van der Waals surface area contributed by atoms with Crippen LogP contribution in [-0.4, -0.2) is 24.0 Å². The molecule has 8 heteroatoms. The van der Waals surface area contributed by atoms with E-state index in [4.69, 9.17) is 15.7 Å². The van der Waals surface area contributed by atoms with Gasteiger partial charge in [0.1, 0.15) is 11.6 Å². The molecule has 0 bridgehead atoms. The van der Waals surface area contributed by atoms with Crippen molar-refractivity contribution >= 4 is 6.08 Å². The van der Waals surface area contributed by atoms with Crippen LogP contribution in [0.5, 0.6) is 5.75 Å². The maximum Gasteiger partial charge on any atom is 0.417 e. The van der Waals surface area contributed by atoms with Gasteiger partial charge in [-0.05, 0) is 41.7 Å². The Kier molecular flexibility index (Phi) is 7.02. The fourth-order valence-electron chi connectivity index (χ4n) is 3.61. The maximum atomic E-state index is 13.9. The van der Waals surface area contributed by atoms with E-state index < -0.39 is 35.9 Å². The second-order valence-corrected chi connectivity index (χ2v) is 8.07. The van der Waals surface area contributed by atoms with Gasteiger partial charge in [0.05, 0.1) is 18.7 Å². The Labute approximate surface area is 178 Å². The summed E-state index contributed by atoms with van der Waals surface area (Å²) < 4.78 is 60.5. The van der Waals surface area contributed by atoms with E-state index >= 15 is 0 Å². The molecule has 0 amide bonds. The molecule has 0 aliphatic carbocycles. The Morgan fingerprint density at radius 2 is 1.87 bits per heavy atom. The van der Waals surface area contributed by atoms with Crippen LogP contribution in [0.2, 0.25) is 0 Å². The highest BCUT2D eigenvalue weighted by atomic mass is 19.4. The topological polar surface area (TPSA) is 79.3 Å². The normalized spacial score (nSPS) is 14.6. The van der Waals surface area contributed by atoms with Crippen molar-refractivity contribution in [3.05, 3.63) is 70.7 Å². The minimum atomic E-state index is -4.98. The Bertz CT molecular complexity index is 1010. The van der Waals surface area contributed by atoms with Crippen LogP contribution in [0.15, 0.2) is 48.2 Å². The third kappa shape index (κ3) is 5.76. The van der Waals surface area contributed by atoms with Crippen molar-refractivity contribution < 1.29 is 27.4 Å². The molecule has 0 aliphatic rings. The minimum absolute atomic E-state index is 0.0892. The van der Waals surface area contributed by atoms with Crippen molar-refractivity contribution in [1.82, 2.24) is 0 Å². The number of hydrogen-bond donors (Lipinski definition) is 2. The van der Waals surface area contributed by atoms with Gasteiger partial charge in [-0.1, -0.05) is 32.0 Å². The summed E-state index contributed by atoms with van der Waals surface area (Å²) >= 11 is 0. The van der Waals surface area contributed by atoms with Gasteiger partial charge in [-0.2, -0.15) is 18.4 Å². The van der Waals surface area contributed by atoms with Gasteiger partial charge in [0.2, 0.25) is 0 Å². The Balaban J connectivity index is 2.40. The summed E-state index contributed by atoms with van der Waals surface area (Å²) in [5.41, 5.74) is 2.38. The number of nitriles is 1. The SMILES string of the molecule is COc1cc(F)ccc1C(C)(C)CC(O)(C/C(N)=C/c1cccc(C#N)c1)C(F)(F)F. The van der Waals surface area contributed by atoms with Crippen molar-refractivity contribution in [2.45, 2.75) is 43.9 Å². The first kappa shape index (κ1) is 24.2. The molecule has 166 valence electrons. The van der Waals surface area contributed by atoms with Gasteiger partial charge < -0.3 is 15.6 Å². The molecule has 0 aliphatic heterocycles. The lowest BCUT2D eigenvalue weighted by molar-refractivity contribution is -0.266. The summed E-state index contributed by atoms with van der Waals surface area (Å²) in [5.74, 6) is -0.499. The molecule has 0 radical (unpaired) electrons. The van der Waals surface area contributed by atoms with Crippen LogP contribution in [0.1, 0.15) is 43.4 Å². The summed E-state index contributed by atoms with van der Waals surface area (Å²) in [6.07, 6.45) is -5.30. The van der Waals surface area contributed by atoms with E-state index in [2.05, 4.69) is 0 Å². The summed E-state index contributed by atoms with van der Waals surface area (Å²) in [6.45, 7) is 3.02. The fraction of sp³-hybridized carbons (Fsp3) is 0.348. The first-order valence-corrected chi connectivity index (χ1v) is 9.41. The summed E-state index contributed by atoms with van der Waals surface area (Å²) in [5, 5.41) is 19.7. The molecule has 2 aromatic rings. The quantitative estimate of drug-likeness (QED) is 0.595. The van der Waals surface area contributed by atoms with Crippen LogP contribution >= 0.6 is 0 Å². The van der Waals surface area contributed by atoms with Crippen molar-refractivity contribution in [3.8, 4) is 11.8 Å². The van der Waals surface area contributed by atoms with E-state index in [1.54, 1.807) is 18.2 Å². The molecule has 1 unspecified atom stereocenters. The summed E-state index contributed by atoms with van der Waals surface area (Å²) in [6, 6.07) is 11.7. The van der Waals surface area contributed by atoms with Gasteiger partial charge >= 0.3 is 6.18 Å². The number of benzene rings is 2. The van der Waals surface area contributed by atoms with Gasteiger partial charge in [0, 0.05) is 23.7 Å². The van der Waals surface area contributed by atoms with Crippen molar-refractivity contribution in [2.75, 3.05) is 7.11 Å². The highest BCUT2D eigenvalue weighted by molar-refractivity contribution is 5.55. The largest absolute Gasteiger partial charge is 0.496 e. The Hall–Kier alpha value is -3.05. The fourth-order valence-corrected chi connectivity index (χ4v) is 3.61. The third-order valence-corrected chi connectivity index (χ3v) is 5.02. The number of hydrogen-bond acceptors (Lipinski definition) is 4. The molecule has 31 heavy (non-hydrogen) atoms. The van der Waals surface area contributed by atoms with Crippen molar-refractivity contribution in [3.63, 3.8) is 0 Å². The van der Waals surface area contributed by atoms with Gasteiger partial charge in [-0.25, -0.2) is 4.39 Å². The average molecular weight is 436 g/mol. The molecule has 1 atom stereocenters. The summed E-state index contributed by atoms with van der Waals surface area (Å²) in [4.78, 5) is 0. The van der Waals surface area contributed by atoms with Crippen LogP contribution in [0, 0.1) is 17.1 Å². The number of nitrogens with zero attached hydrogens (tertiary/aromatic N) is 1. The molecule has 0 aromatic heterocycles. The maximum absolute atomic E-state index is 13.9. The zero-order chi connectivity index (χ0) is 23.4. The Morgan fingerprint density at radius 1 is 1.19 bits per heavy atom. The van der Waals surface area contributed by atoms with E-state index in [1.165, 1.54) is 39.2 Å². The lowest BCUT2D eigenvalue weighted by Crippen LogP contribution is -2.50. The molecule has 2 rings (SSSR count). The first-order valence-electron chi connectivity index (χ1n) is 9.41. The molecule has 0 heterocycles. The van der Waals surface area contributed by atoms with Gasteiger partial charge in [-0.15, -0.1) is 0 Å². The molecule has 4 nitrogen and oxygen atoms in total. The third-order valence-electron chi connectivity index (χ3n) is 5.02. The van der Waals surface area contributed by atoms with Crippen LogP contribution < -0.4 is 10.5 Å². The number of alkyl halides is 3. The molecular formula is C23H24F4N2O2. The monoisotopic (exact) mass is 436 g/mol. The van der Waals surface area contributed by atoms with Crippen LogP contribution in [0.3, 0.4) is 0 Å². The highest BCUT2D eigenvalue weighted by Crippen LogP contribution is 2.45. The predicted octanol–water partition coefficient (Wildman–Crippen LogP) is 5.06. The zero-order valence-corrected chi connectivity index (χ0v) is 17.4. The van der Waals surface area contributed by atoms with E-state index in [9.17, 15) is 22.7 Å². The number of halogens is 4. The lowest BCUT2D eigenvalue weighted by atomic mass is 9.73. The average Bonchev–Trinajstić information content (AvgIpc) is 2.66. The van der Waals surface area contributed by atoms with Crippen LogP contribution in [0.25, 0.3) is 6.08 Å². The van der Waals surface area contributed by atoms with Gasteiger partial charge in [-0.3, -0.25) is 0 Å². The lowest BCUT2D eigenvalue weighted by Gasteiger charge is -2.38. The second kappa shape index (κ2) is 8.98. The molecule has 0 saturated heterocycles. The van der Waals surface area contributed by atoms with Crippen LogP contribution in [0.4, 0.5) is 17.6 Å². The van der Waals surface area contributed by atoms with Crippen molar-refractivity contribution in [1.29, 1.82) is 5.26 Å². The van der Waals surface area contributed by atoms with Crippen molar-refractivity contribution in [2.24, 2.45) is 5.73 Å². The second-order valence-electron chi connectivity index (χ2n) is 8.07. The number of methoxy groups -OCH3 is 1. The highest BCUT2D eigenvalue weighted by Gasteiger charge is 2.56. The number of nitrogens with two attached hydrogens (primary N) is 1. The molecule has 0 fully saturated rings. The predicted molar refractivity (Wildman–Crippen MR) is 110 cm³/mol. The Morgan fingerprint density at radius 3 is 2.45 bits per heavy atom. The van der Waals surface area contributed by atoms with Crippen LogP contribution in [-0.2, 0) is 5.41 Å². The van der Waals surface area contributed by atoms with E-state index in [-0.39, 0.29) is 11.4 Å². The molecule has 2 aromatic carbocycles. The number of rotatable bonds is 7. The number of aliphatic hydroxyl groups is 1. The minimum Gasteiger partial charge on any atom is -0.496 e. The number of ether oxygens (including phenoxy) is 1.